The molecule has 1 saturated carbocycles. The van der Waals surface area contributed by atoms with Crippen molar-refractivity contribution in [3.05, 3.63) is 17.5 Å². The Labute approximate surface area is 144 Å². The summed E-state index contributed by atoms with van der Waals surface area (Å²) in [5, 5.41) is 4.41. The lowest BCUT2D eigenvalue weighted by Crippen LogP contribution is -2.54. The number of hydrogen-bond donors (Lipinski definition) is 0. The van der Waals surface area contributed by atoms with E-state index in [1.165, 1.54) is 0 Å². The quantitative estimate of drug-likeness (QED) is 0.828. The molecule has 0 aromatic carbocycles. The van der Waals surface area contributed by atoms with Crippen LogP contribution in [0.2, 0.25) is 0 Å². The largest absolute Gasteiger partial charge is 0.375 e. The maximum Gasteiger partial charge on any atom is 0.272 e. The monoisotopic (exact) mass is 335 g/mol. The lowest BCUT2D eigenvalue weighted by Gasteiger charge is -2.39. The summed E-state index contributed by atoms with van der Waals surface area (Å²) in [5.41, 5.74) is 1.57. The van der Waals surface area contributed by atoms with E-state index < -0.39 is 0 Å². The van der Waals surface area contributed by atoms with Crippen LogP contribution in [0.4, 0.5) is 0 Å². The Kier molecular flexibility index (Phi) is 5.25. The van der Waals surface area contributed by atoms with Crippen LogP contribution in [-0.2, 0) is 16.0 Å². The fourth-order valence-corrected chi connectivity index (χ4v) is 3.77. The molecular formula is C18H29N3O3. The zero-order chi connectivity index (χ0) is 17.3. The highest BCUT2D eigenvalue weighted by molar-refractivity contribution is 5.93. The third kappa shape index (κ3) is 3.35. The van der Waals surface area contributed by atoms with Crippen molar-refractivity contribution in [2.45, 2.75) is 65.3 Å². The smallest absolute Gasteiger partial charge is 0.272 e. The summed E-state index contributed by atoms with van der Waals surface area (Å²) in [5.74, 6) is 0.576. The second-order valence-corrected chi connectivity index (χ2v) is 7.23. The Bertz CT molecular complexity index is 584. The van der Waals surface area contributed by atoms with Gasteiger partial charge in [-0.1, -0.05) is 13.8 Å². The first-order valence-electron chi connectivity index (χ1n) is 9.09. The number of nitrogens with zero attached hydrogens (tertiary/aromatic N) is 3. The maximum absolute atomic E-state index is 13.1. The SMILES string of the molecule is CCn1nc(C)cc1C(=O)N1CCO[C@H]2[C@H](OCC(C)C)CC[C@@H]21. The van der Waals surface area contributed by atoms with E-state index in [4.69, 9.17) is 9.47 Å². The van der Waals surface area contributed by atoms with Gasteiger partial charge in [-0.05, 0) is 38.7 Å². The molecule has 0 unspecified atom stereocenters. The molecule has 2 fully saturated rings. The Balaban J connectivity index is 1.73. The van der Waals surface area contributed by atoms with E-state index in [1.54, 1.807) is 4.68 Å². The van der Waals surface area contributed by atoms with E-state index in [1.807, 2.05) is 24.8 Å². The number of ether oxygens (including phenoxy) is 2. The molecule has 2 aliphatic rings. The molecule has 2 heterocycles. The number of aryl methyl sites for hydroxylation is 2. The van der Waals surface area contributed by atoms with Gasteiger partial charge < -0.3 is 14.4 Å². The van der Waals surface area contributed by atoms with Gasteiger partial charge in [0.25, 0.3) is 5.91 Å². The predicted octanol–water partition coefficient (Wildman–Crippen LogP) is 2.26. The van der Waals surface area contributed by atoms with Crippen LogP contribution in [0.15, 0.2) is 6.07 Å². The van der Waals surface area contributed by atoms with Crippen molar-refractivity contribution in [2.75, 3.05) is 19.8 Å². The molecule has 0 bridgehead atoms. The Morgan fingerprint density at radius 2 is 2.25 bits per heavy atom. The molecule has 1 saturated heterocycles. The summed E-state index contributed by atoms with van der Waals surface area (Å²) in [6.45, 7) is 10.9. The molecule has 24 heavy (non-hydrogen) atoms. The zero-order valence-electron chi connectivity index (χ0n) is 15.2. The number of carbonyl (C=O) groups is 1. The van der Waals surface area contributed by atoms with Gasteiger partial charge in [0, 0.05) is 19.7 Å². The molecule has 1 aliphatic carbocycles. The van der Waals surface area contributed by atoms with Gasteiger partial charge in [0.15, 0.2) is 0 Å². The van der Waals surface area contributed by atoms with Crippen LogP contribution in [0.1, 0.15) is 49.8 Å². The zero-order valence-corrected chi connectivity index (χ0v) is 15.2. The lowest BCUT2D eigenvalue weighted by atomic mass is 10.1. The van der Waals surface area contributed by atoms with Gasteiger partial charge in [-0.3, -0.25) is 9.48 Å². The summed E-state index contributed by atoms with van der Waals surface area (Å²) in [6.07, 6.45) is 2.00. The molecular weight excluding hydrogens is 306 g/mol. The van der Waals surface area contributed by atoms with E-state index in [2.05, 4.69) is 18.9 Å². The van der Waals surface area contributed by atoms with Gasteiger partial charge >= 0.3 is 0 Å². The first-order chi connectivity index (χ1) is 11.5. The molecule has 0 radical (unpaired) electrons. The minimum Gasteiger partial charge on any atom is -0.375 e. The molecule has 0 N–H and O–H groups in total. The van der Waals surface area contributed by atoms with Crippen molar-refractivity contribution in [1.82, 2.24) is 14.7 Å². The highest BCUT2D eigenvalue weighted by Gasteiger charge is 2.45. The lowest BCUT2D eigenvalue weighted by molar-refractivity contribution is -0.108. The first-order valence-corrected chi connectivity index (χ1v) is 9.09. The summed E-state index contributed by atoms with van der Waals surface area (Å²) in [7, 11) is 0. The molecule has 1 aromatic heterocycles. The molecule has 0 spiro atoms. The molecule has 6 nitrogen and oxygen atoms in total. The maximum atomic E-state index is 13.1. The van der Waals surface area contributed by atoms with Crippen LogP contribution in [0.3, 0.4) is 0 Å². The van der Waals surface area contributed by atoms with Crippen LogP contribution in [0.25, 0.3) is 0 Å². The highest BCUT2D eigenvalue weighted by Crippen LogP contribution is 2.33. The highest BCUT2D eigenvalue weighted by atomic mass is 16.5. The van der Waals surface area contributed by atoms with Gasteiger partial charge in [-0.25, -0.2) is 0 Å². The minimum absolute atomic E-state index is 0.000505. The molecule has 134 valence electrons. The molecule has 1 aliphatic heterocycles. The number of aromatic nitrogens is 2. The Hall–Kier alpha value is -1.40. The summed E-state index contributed by atoms with van der Waals surface area (Å²) >= 11 is 0. The standard InChI is InChI=1S/C18H29N3O3/c1-5-21-15(10-13(4)19-21)18(22)20-8-9-23-17-14(20)6-7-16(17)24-11-12(2)3/h10,12,14,16-17H,5-9,11H2,1-4H3/t14-,16+,17+/m0/s1. The van der Waals surface area contributed by atoms with Gasteiger partial charge in [-0.15, -0.1) is 0 Å². The topological polar surface area (TPSA) is 56.6 Å². The Morgan fingerprint density at radius 1 is 1.46 bits per heavy atom. The first kappa shape index (κ1) is 17.4. The van der Waals surface area contributed by atoms with Gasteiger partial charge in [0.05, 0.1) is 24.4 Å². The van der Waals surface area contributed by atoms with Crippen molar-refractivity contribution in [1.29, 1.82) is 0 Å². The van der Waals surface area contributed by atoms with Crippen molar-refractivity contribution in [3.63, 3.8) is 0 Å². The van der Waals surface area contributed by atoms with E-state index in [0.717, 1.165) is 25.1 Å². The number of carbonyl (C=O) groups excluding carboxylic acids is 1. The van der Waals surface area contributed by atoms with Gasteiger partial charge in [-0.2, -0.15) is 5.10 Å². The summed E-state index contributed by atoms with van der Waals surface area (Å²) < 4.78 is 13.8. The predicted molar refractivity (Wildman–Crippen MR) is 91.0 cm³/mol. The van der Waals surface area contributed by atoms with Crippen LogP contribution < -0.4 is 0 Å². The van der Waals surface area contributed by atoms with E-state index in [0.29, 0.717) is 31.3 Å². The number of hydrogen-bond acceptors (Lipinski definition) is 4. The minimum atomic E-state index is 0.000505. The van der Waals surface area contributed by atoms with Gasteiger partial charge in [0.1, 0.15) is 11.8 Å². The summed E-state index contributed by atoms with van der Waals surface area (Å²) in [4.78, 5) is 15.1. The van der Waals surface area contributed by atoms with Crippen LogP contribution >= 0.6 is 0 Å². The van der Waals surface area contributed by atoms with Crippen molar-refractivity contribution < 1.29 is 14.3 Å². The number of morpholine rings is 1. The van der Waals surface area contributed by atoms with Gasteiger partial charge in [0.2, 0.25) is 0 Å². The normalized spacial score (nSPS) is 26.9. The number of rotatable bonds is 5. The summed E-state index contributed by atoms with van der Waals surface area (Å²) in [6, 6.07) is 2.00. The molecule has 3 rings (SSSR count). The molecule has 1 amide bonds. The third-order valence-electron chi connectivity index (χ3n) is 4.86. The van der Waals surface area contributed by atoms with Crippen LogP contribution in [-0.4, -0.2) is 58.6 Å². The molecule has 6 heteroatoms. The second kappa shape index (κ2) is 7.23. The van der Waals surface area contributed by atoms with E-state index in [-0.39, 0.29) is 24.2 Å². The van der Waals surface area contributed by atoms with Crippen LogP contribution in [0.5, 0.6) is 0 Å². The molecule has 1 aromatic rings. The average Bonchev–Trinajstić information content (AvgIpc) is 3.15. The number of amides is 1. The van der Waals surface area contributed by atoms with Crippen molar-refractivity contribution in [3.8, 4) is 0 Å². The van der Waals surface area contributed by atoms with Crippen molar-refractivity contribution >= 4 is 5.91 Å². The fourth-order valence-electron chi connectivity index (χ4n) is 3.77. The average molecular weight is 335 g/mol. The van der Waals surface area contributed by atoms with Crippen LogP contribution in [0, 0.1) is 12.8 Å². The molecule has 3 atom stereocenters. The third-order valence-corrected chi connectivity index (χ3v) is 4.86. The number of fused-ring (bicyclic) bond motifs is 1. The fraction of sp³-hybridized carbons (Fsp3) is 0.778. The van der Waals surface area contributed by atoms with Crippen molar-refractivity contribution in [2.24, 2.45) is 5.92 Å². The second-order valence-electron chi connectivity index (χ2n) is 7.23. The van der Waals surface area contributed by atoms with E-state index in [9.17, 15) is 4.79 Å². The Morgan fingerprint density at radius 3 is 2.96 bits per heavy atom. The van der Waals surface area contributed by atoms with E-state index >= 15 is 0 Å².